The monoisotopic (exact) mass is 280 g/mol. The highest BCUT2D eigenvalue weighted by molar-refractivity contribution is 5.85. The molecule has 0 bridgehead atoms. The molecule has 0 unspecified atom stereocenters. The first-order chi connectivity index (χ1) is 7.31. The number of piperazine rings is 1. The van der Waals surface area contributed by atoms with Crippen LogP contribution >= 0.6 is 24.8 Å². The quantitative estimate of drug-likeness (QED) is 0.923. The van der Waals surface area contributed by atoms with Crippen LogP contribution < -0.4 is 5.32 Å². The van der Waals surface area contributed by atoms with Crippen molar-refractivity contribution < 1.29 is 4.42 Å². The second kappa shape index (κ2) is 7.98. The topological polar surface area (TPSA) is 28.4 Å². The summed E-state index contributed by atoms with van der Waals surface area (Å²) in [5.74, 6) is 2.13. The van der Waals surface area contributed by atoms with E-state index in [9.17, 15) is 0 Å². The summed E-state index contributed by atoms with van der Waals surface area (Å²) in [6.45, 7) is 8.67. The van der Waals surface area contributed by atoms with Crippen LogP contribution in [0, 0.1) is 6.92 Å². The van der Waals surface area contributed by atoms with Crippen LogP contribution in [0.3, 0.4) is 0 Å². The molecular weight excluding hydrogens is 259 g/mol. The molecule has 2 rings (SSSR count). The van der Waals surface area contributed by atoms with Gasteiger partial charge in [-0.2, -0.15) is 0 Å². The zero-order valence-electron chi connectivity index (χ0n) is 10.4. The molecule has 1 aliphatic heterocycles. The lowest BCUT2D eigenvalue weighted by atomic mass is 10.1. The van der Waals surface area contributed by atoms with E-state index in [1.54, 1.807) is 0 Å². The van der Waals surface area contributed by atoms with Gasteiger partial charge in [-0.1, -0.05) is 6.92 Å². The van der Waals surface area contributed by atoms with Crippen molar-refractivity contribution in [1.29, 1.82) is 0 Å². The molecule has 2 heterocycles. The normalized spacial score (nSPS) is 18.0. The number of hydrogen-bond donors (Lipinski definition) is 1. The van der Waals surface area contributed by atoms with E-state index in [0.717, 1.165) is 44.1 Å². The Bertz CT molecular complexity index is 311. The van der Waals surface area contributed by atoms with E-state index < -0.39 is 0 Å². The lowest BCUT2D eigenvalue weighted by Gasteiger charge is -2.33. The van der Waals surface area contributed by atoms with E-state index in [4.69, 9.17) is 4.42 Å². The summed E-state index contributed by atoms with van der Waals surface area (Å²) in [4.78, 5) is 2.51. The van der Waals surface area contributed by atoms with Crippen molar-refractivity contribution in [2.24, 2.45) is 0 Å². The summed E-state index contributed by atoms with van der Waals surface area (Å²) in [5.41, 5.74) is 0. The second-order valence-electron chi connectivity index (χ2n) is 4.16. The van der Waals surface area contributed by atoms with E-state index in [-0.39, 0.29) is 24.8 Å². The molecule has 100 valence electrons. The van der Waals surface area contributed by atoms with Gasteiger partial charge in [0.2, 0.25) is 0 Å². The van der Waals surface area contributed by atoms with Crippen molar-refractivity contribution >= 4 is 24.8 Å². The molecule has 0 aromatic carbocycles. The first kappa shape index (κ1) is 16.8. The summed E-state index contributed by atoms with van der Waals surface area (Å²) >= 11 is 0. The van der Waals surface area contributed by atoms with Gasteiger partial charge >= 0.3 is 0 Å². The summed E-state index contributed by atoms with van der Waals surface area (Å²) in [6.07, 6.45) is 1.12. The number of hydrogen-bond acceptors (Lipinski definition) is 3. The Hall–Kier alpha value is -0.220. The summed E-state index contributed by atoms with van der Waals surface area (Å²) in [6, 6.07) is 4.63. The van der Waals surface area contributed by atoms with Gasteiger partial charge in [0.1, 0.15) is 11.5 Å². The zero-order valence-corrected chi connectivity index (χ0v) is 12.1. The number of nitrogens with zero attached hydrogens (tertiary/aromatic N) is 1. The van der Waals surface area contributed by atoms with Crippen LogP contribution in [0.15, 0.2) is 16.5 Å². The predicted molar refractivity (Wildman–Crippen MR) is 75.4 cm³/mol. The van der Waals surface area contributed by atoms with Crippen molar-refractivity contribution in [2.75, 3.05) is 26.2 Å². The van der Waals surface area contributed by atoms with Gasteiger partial charge in [-0.15, -0.1) is 24.8 Å². The van der Waals surface area contributed by atoms with E-state index in [1.165, 1.54) is 0 Å². The van der Waals surface area contributed by atoms with E-state index in [1.807, 2.05) is 6.92 Å². The molecule has 0 spiro atoms. The van der Waals surface area contributed by atoms with Crippen LogP contribution in [-0.2, 0) is 0 Å². The molecule has 5 heteroatoms. The fourth-order valence-corrected chi connectivity index (χ4v) is 2.27. The Morgan fingerprint density at radius 2 is 1.94 bits per heavy atom. The molecule has 1 aromatic heterocycles. The van der Waals surface area contributed by atoms with Gasteiger partial charge in [0.15, 0.2) is 0 Å². The molecule has 1 saturated heterocycles. The van der Waals surface area contributed by atoms with E-state index in [2.05, 4.69) is 29.3 Å². The van der Waals surface area contributed by atoms with Gasteiger partial charge in [0.25, 0.3) is 0 Å². The van der Waals surface area contributed by atoms with Crippen LogP contribution in [0.2, 0.25) is 0 Å². The molecular formula is C12H22Cl2N2O. The fourth-order valence-electron chi connectivity index (χ4n) is 2.27. The molecule has 1 fully saturated rings. The first-order valence-electron chi connectivity index (χ1n) is 5.82. The lowest BCUT2D eigenvalue weighted by Crippen LogP contribution is -2.44. The van der Waals surface area contributed by atoms with Gasteiger partial charge < -0.3 is 9.73 Å². The maximum atomic E-state index is 5.73. The Labute approximate surface area is 116 Å². The average molecular weight is 281 g/mol. The average Bonchev–Trinajstić information content (AvgIpc) is 2.68. The Morgan fingerprint density at radius 3 is 2.41 bits per heavy atom. The highest BCUT2D eigenvalue weighted by Crippen LogP contribution is 2.25. The number of furan rings is 1. The van der Waals surface area contributed by atoms with Gasteiger partial charge in [0, 0.05) is 26.2 Å². The van der Waals surface area contributed by atoms with Gasteiger partial charge in [-0.3, -0.25) is 4.90 Å². The first-order valence-corrected chi connectivity index (χ1v) is 5.82. The van der Waals surface area contributed by atoms with Gasteiger partial charge in [-0.05, 0) is 25.5 Å². The van der Waals surface area contributed by atoms with Crippen LogP contribution in [0.5, 0.6) is 0 Å². The third-order valence-corrected chi connectivity index (χ3v) is 3.07. The van der Waals surface area contributed by atoms with E-state index >= 15 is 0 Å². The number of halogens is 2. The lowest BCUT2D eigenvalue weighted by molar-refractivity contribution is 0.149. The highest BCUT2D eigenvalue weighted by atomic mass is 35.5. The molecule has 1 atom stereocenters. The molecule has 0 aliphatic carbocycles. The second-order valence-corrected chi connectivity index (χ2v) is 4.16. The largest absolute Gasteiger partial charge is 0.465 e. The van der Waals surface area contributed by atoms with Crippen LogP contribution in [0.1, 0.15) is 30.9 Å². The SMILES string of the molecule is CC[C@@H](c1ccc(C)o1)N1CCNCC1.Cl.Cl. The minimum Gasteiger partial charge on any atom is -0.465 e. The molecule has 1 aromatic rings. The van der Waals surface area contributed by atoms with Crippen molar-refractivity contribution in [3.8, 4) is 0 Å². The Balaban J connectivity index is 0.00000128. The molecule has 1 aliphatic rings. The number of rotatable bonds is 3. The molecule has 3 nitrogen and oxygen atoms in total. The Morgan fingerprint density at radius 1 is 1.29 bits per heavy atom. The number of nitrogens with one attached hydrogen (secondary N) is 1. The van der Waals surface area contributed by atoms with Crippen LogP contribution in [-0.4, -0.2) is 31.1 Å². The standard InChI is InChI=1S/C12H20N2O.2ClH/c1-3-11(12-5-4-10(2)15-12)14-8-6-13-7-9-14;;/h4-5,11,13H,3,6-9H2,1-2H3;2*1H/t11-;;/m0../s1. The van der Waals surface area contributed by atoms with Gasteiger partial charge in [-0.25, -0.2) is 0 Å². The minimum atomic E-state index is 0. The third kappa shape index (κ3) is 4.18. The van der Waals surface area contributed by atoms with Crippen molar-refractivity contribution in [1.82, 2.24) is 10.2 Å². The highest BCUT2D eigenvalue weighted by Gasteiger charge is 2.22. The van der Waals surface area contributed by atoms with Crippen molar-refractivity contribution in [2.45, 2.75) is 26.3 Å². The molecule has 0 amide bonds. The summed E-state index contributed by atoms with van der Waals surface area (Å²) in [5, 5.41) is 3.38. The van der Waals surface area contributed by atoms with Crippen molar-refractivity contribution in [3.63, 3.8) is 0 Å². The minimum absolute atomic E-state index is 0. The Kier molecular flexibility index (Phi) is 7.88. The summed E-state index contributed by atoms with van der Waals surface area (Å²) < 4.78 is 5.73. The predicted octanol–water partition coefficient (Wildman–Crippen LogP) is 2.79. The van der Waals surface area contributed by atoms with Crippen molar-refractivity contribution in [3.05, 3.63) is 23.7 Å². The smallest absolute Gasteiger partial charge is 0.121 e. The summed E-state index contributed by atoms with van der Waals surface area (Å²) in [7, 11) is 0. The van der Waals surface area contributed by atoms with Crippen LogP contribution in [0.4, 0.5) is 0 Å². The molecule has 0 saturated carbocycles. The molecule has 17 heavy (non-hydrogen) atoms. The maximum absolute atomic E-state index is 5.73. The fraction of sp³-hybridized carbons (Fsp3) is 0.667. The van der Waals surface area contributed by atoms with E-state index in [0.29, 0.717) is 6.04 Å². The molecule has 1 N–H and O–H groups in total. The maximum Gasteiger partial charge on any atom is 0.121 e. The number of aryl methyl sites for hydroxylation is 1. The third-order valence-electron chi connectivity index (χ3n) is 3.07. The molecule has 0 radical (unpaired) electrons. The zero-order chi connectivity index (χ0) is 10.7. The van der Waals surface area contributed by atoms with Gasteiger partial charge in [0.05, 0.1) is 6.04 Å². The van der Waals surface area contributed by atoms with Crippen LogP contribution in [0.25, 0.3) is 0 Å².